The zero-order valence-corrected chi connectivity index (χ0v) is 39.3. The van der Waals surface area contributed by atoms with Gasteiger partial charge in [0.15, 0.2) is 0 Å². The SMILES string of the molecule is CSCC[C@H](NC(=O)[C@H](Cc1c[nH]c2ccccc12)NC(=O)[C@H](CCC(N)=O)NC(=O)[C@H](CCCCN)NC(=O)[C@H](CC(C)C)NC(=O)[C@H](Cc1cnc[nH]1)NC(=O)[C@@H](N)CCC(=O)O)C(=O)O. The lowest BCUT2D eigenvalue weighted by atomic mass is 10.0. The van der Waals surface area contributed by atoms with Gasteiger partial charge in [0.25, 0.3) is 0 Å². The molecule has 0 fully saturated rings. The Morgan fingerprint density at radius 2 is 1.26 bits per heavy atom. The summed E-state index contributed by atoms with van der Waals surface area (Å²) >= 11 is 1.39. The Balaban J connectivity index is 1.91. The highest BCUT2D eigenvalue weighted by Gasteiger charge is 2.34. The van der Waals surface area contributed by atoms with Gasteiger partial charge in [0, 0.05) is 54.7 Å². The van der Waals surface area contributed by atoms with Gasteiger partial charge in [-0.25, -0.2) is 9.78 Å². The lowest BCUT2D eigenvalue weighted by Gasteiger charge is -2.28. The number of nitrogens with zero attached hydrogens (tertiary/aromatic N) is 1. The summed E-state index contributed by atoms with van der Waals surface area (Å²) in [5.41, 5.74) is 18.9. The van der Waals surface area contributed by atoms with E-state index < -0.39 is 102 Å². The number of imidazole rings is 1. The fourth-order valence-electron chi connectivity index (χ4n) is 7.12. The van der Waals surface area contributed by atoms with Gasteiger partial charge in [-0.2, -0.15) is 11.8 Å². The second-order valence-corrected chi connectivity index (χ2v) is 17.8. The van der Waals surface area contributed by atoms with E-state index in [1.807, 2.05) is 18.2 Å². The Morgan fingerprint density at radius 3 is 1.85 bits per heavy atom. The highest BCUT2D eigenvalue weighted by molar-refractivity contribution is 7.98. The van der Waals surface area contributed by atoms with E-state index in [2.05, 4.69) is 46.9 Å². The second-order valence-electron chi connectivity index (χ2n) is 16.8. The van der Waals surface area contributed by atoms with Crippen molar-refractivity contribution in [3.63, 3.8) is 0 Å². The second kappa shape index (κ2) is 28.6. The van der Waals surface area contributed by atoms with E-state index in [-0.39, 0.29) is 63.8 Å². The van der Waals surface area contributed by atoms with Gasteiger partial charge in [-0.15, -0.1) is 0 Å². The number of unbranched alkanes of at least 4 members (excludes halogenated alkanes) is 1. The number of nitrogens with one attached hydrogen (secondary N) is 8. The van der Waals surface area contributed by atoms with E-state index in [0.29, 0.717) is 29.9 Å². The number of primary amides is 1. The Morgan fingerprint density at radius 1 is 0.691 bits per heavy atom. The van der Waals surface area contributed by atoms with Crippen molar-refractivity contribution >= 4 is 76.0 Å². The quantitative estimate of drug-likeness (QED) is 0.0336. The third kappa shape index (κ3) is 19.0. The van der Waals surface area contributed by atoms with Gasteiger partial charge >= 0.3 is 11.9 Å². The van der Waals surface area contributed by atoms with Crippen LogP contribution in [0.1, 0.15) is 82.9 Å². The summed E-state index contributed by atoms with van der Waals surface area (Å²) in [4.78, 5) is 128. The lowest BCUT2D eigenvalue weighted by molar-refractivity contribution is -0.142. The molecule has 0 aliphatic heterocycles. The first-order valence-electron chi connectivity index (χ1n) is 22.3. The van der Waals surface area contributed by atoms with Crippen molar-refractivity contribution in [3.8, 4) is 0 Å². The zero-order chi connectivity index (χ0) is 50.3. The summed E-state index contributed by atoms with van der Waals surface area (Å²) in [5.74, 6) is -7.95. The number of aliphatic carboxylic acids is 2. The van der Waals surface area contributed by atoms with Crippen molar-refractivity contribution in [1.29, 1.82) is 0 Å². The average molecular weight is 971 g/mol. The number of nitrogens with two attached hydrogens (primary N) is 3. The smallest absolute Gasteiger partial charge is 0.326 e. The van der Waals surface area contributed by atoms with Crippen LogP contribution in [0.25, 0.3) is 10.9 Å². The molecule has 7 amide bonds. The van der Waals surface area contributed by atoms with Gasteiger partial charge in [0.2, 0.25) is 41.4 Å². The molecule has 0 radical (unpaired) electrons. The molecule has 0 saturated heterocycles. The molecule has 7 atom stereocenters. The van der Waals surface area contributed by atoms with Crippen LogP contribution in [-0.4, -0.2) is 139 Å². The van der Waals surface area contributed by atoms with E-state index in [1.54, 1.807) is 32.4 Å². The van der Waals surface area contributed by atoms with Crippen molar-refractivity contribution in [1.82, 2.24) is 46.9 Å². The third-order valence-electron chi connectivity index (χ3n) is 10.8. The summed E-state index contributed by atoms with van der Waals surface area (Å²) in [7, 11) is 0. The monoisotopic (exact) mass is 970 g/mol. The van der Waals surface area contributed by atoms with Crippen LogP contribution in [0.15, 0.2) is 43.0 Å². The van der Waals surface area contributed by atoms with Gasteiger partial charge in [-0.05, 0) is 81.0 Å². The molecule has 2 aromatic heterocycles. The number of rotatable bonds is 32. The number of hydrogen-bond donors (Lipinski definition) is 13. The van der Waals surface area contributed by atoms with Crippen LogP contribution in [0.3, 0.4) is 0 Å². The van der Waals surface area contributed by atoms with Crippen molar-refractivity contribution in [2.24, 2.45) is 23.1 Å². The largest absolute Gasteiger partial charge is 0.481 e. The molecule has 0 spiro atoms. The van der Waals surface area contributed by atoms with E-state index in [1.165, 1.54) is 24.3 Å². The van der Waals surface area contributed by atoms with Crippen molar-refractivity contribution in [3.05, 3.63) is 54.2 Å². The minimum absolute atomic E-state index is 0.0201. The first kappa shape index (κ1) is 55.8. The summed E-state index contributed by atoms with van der Waals surface area (Å²) in [5, 5.41) is 35.3. The number of fused-ring (bicyclic) bond motifs is 1. The predicted octanol–water partition coefficient (Wildman–Crippen LogP) is -0.945. The van der Waals surface area contributed by atoms with Crippen molar-refractivity contribution < 1.29 is 53.4 Å². The molecule has 0 aliphatic carbocycles. The van der Waals surface area contributed by atoms with Crippen LogP contribution < -0.4 is 49.1 Å². The van der Waals surface area contributed by atoms with Gasteiger partial charge in [-0.1, -0.05) is 32.0 Å². The van der Waals surface area contributed by atoms with Crippen molar-refractivity contribution in [2.45, 2.75) is 127 Å². The molecule has 2 heterocycles. The number of carbonyl (C=O) groups is 9. The molecule has 24 heteroatoms. The molecular weight excluding hydrogens is 905 g/mol. The summed E-state index contributed by atoms with van der Waals surface area (Å²) < 4.78 is 0. The Hall–Kier alpha value is -6.53. The molecule has 23 nitrogen and oxygen atoms in total. The molecule has 0 aliphatic rings. The highest BCUT2D eigenvalue weighted by atomic mass is 32.2. The fraction of sp³-hybridized carbons (Fsp3) is 0.545. The van der Waals surface area contributed by atoms with Gasteiger partial charge in [-0.3, -0.25) is 38.4 Å². The Labute approximate surface area is 397 Å². The Bertz CT molecular complexity index is 2170. The van der Waals surface area contributed by atoms with Gasteiger partial charge < -0.3 is 69.3 Å². The number of para-hydroxylation sites is 1. The summed E-state index contributed by atoms with van der Waals surface area (Å²) in [6, 6.07) is -2.07. The standard InChI is InChI=1S/C44H66N12O11S/c1-24(2)18-33(55-43(65)35(20-26-22-48-23-50-26)54-38(60)28(46)11-14-37(58)59)41(63)51-30(10-6-7-16-45)39(61)52-31(12-13-36(47)57)40(62)56-34(42(64)53-32(44(66)67)15-17-68-3)19-25-21-49-29-9-5-4-8-27(25)29/h4-5,8-9,21-24,28,30-35,49H,6-7,10-20,45-46H2,1-3H3,(H2,47,57)(H,48,50)(H,51,63)(H,52,61)(H,53,64)(H,54,60)(H,55,65)(H,56,62)(H,58,59)(H,66,67)/t28-,30-,31-,32-,33-,34-,35-/m0/s1. The van der Waals surface area contributed by atoms with E-state index in [4.69, 9.17) is 22.3 Å². The lowest BCUT2D eigenvalue weighted by Crippen LogP contribution is -2.60. The molecule has 374 valence electrons. The van der Waals surface area contributed by atoms with Crippen LogP contribution in [0.2, 0.25) is 0 Å². The molecule has 68 heavy (non-hydrogen) atoms. The normalized spacial score (nSPS) is 14.3. The Kier molecular flexibility index (Phi) is 23.5. The van der Waals surface area contributed by atoms with Crippen LogP contribution in [0, 0.1) is 5.92 Å². The first-order valence-corrected chi connectivity index (χ1v) is 23.7. The van der Waals surface area contributed by atoms with Crippen LogP contribution in [-0.2, 0) is 56.0 Å². The number of hydrogen-bond acceptors (Lipinski definition) is 13. The number of aromatic nitrogens is 3. The van der Waals surface area contributed by atoms with Gasteiger partial charge in [0.1, 0.15) is 36.3 Å². The maximum Gasteiger partial charge on any atom is 0.326 e. The number of carboxylic acids is 2. The van der Waals surface area contributed by atoms with E-state index >= 15 is 0 Å². The summed E-state index contributed by atoms with van der Waals surface area (Å²) in [6.45, 7) is 3.84. The number of carboxylic acid groups (broad SMARTS) is 2. The maximum absolute atomic E-state index is 14.2. The minimum atomic E-state index is -1.49. The van der Waals surface area contributed by atoms with Gasteiger partial charge in [0.05, 0.1) is 12.4 Å². The maximum atomic E-state index is 14.2. The van der Waals surface area contributed by atoms with E-state index in [0.717, 1.165) is 10.9 Å². The van der Waals surface area contributed by atoms with E-state index in [9.17, 15) is 48.3 Å². The molecule has 0 saturated carbocycles. The molecule has 0 bridgehead atoms. The number of H-pyrrole nitrogens is 2. The number of benzene rings is 1. The number of thioether (sulfide) groups is 1. The predicted molar refractivity (Wildman–Crippen MR) is 252 cm³/mol. The number of amides is 7. The van der Waals surface area contributed by atoms with Crippen LogP contribution in [0.4, 0.5) is 0 Å². The topological polar surface area (TPSA) is 389 Å². The molecule has 0 unspecified atom stereocenters. The summed E-state index contributed by atoms with van der Waals surface area (Å²) in [6.07, 6.45) is 5.70. The minimum Gasteiger partial charge on any atom is -0.481 e. The fourth-order valence-corrected chi connectivity index (χ4v) is 7.59. The zero-order valence-electron chi connectivity index (χ0n) is 38.5. The third-order valence-corrected chi connectivity index (χ3v) is 11.5. The number of aromatic amines is 2. The molecule has 3 rings (SSSR count). The molecule has 16 N–H and O–H groups in total. The molecular formula is C44H66N12O11S. The molecule has 3 aromatic rings. The van der Waals surface area contributed by atoms with Crippen LogP contribution in [0.5, 0.6) is 0 Å². The average Bonchev–Trinajstić information content (AvgIpc) is 3.96. The first-order chi connectivity index (χ1) is 32.3. The number of carbonyl (C=O) groups excluding carboxylic acids is 7. The molecule has 1 aromatic carbocycles. The highest BCUT2D eigenvalue weighted by Crippen LogP contribution is 2.20. The van der Waals surface area contributed by atoms with Crippen LogP contribution >= 0.6 is 11.8 Å². The van der Waals surface area contributed by atoms with Crippen molar-refractivity contribution in [2.75, 3.05) is 18.6 Å².